The summed E-state index contributed by atoms with van der Waals surface area (Å²) >= 11 is 0. The van der Waals surface area contributed by atoms with Crippen LogP contribution in [0.25, 0.3) is 0 Å². The van der Waals surface area contributed by atoms with E-state index in [0.29, 0.717) is 13.1 Å². The molecule has 1 amide bonds. The Morgan fingerprint density at radius 2 is 2.19 bits per heavy atom. The van der Waals surface area contributed by atoms with E-state index in [1.807, 2.05) is 41.2 Å². The number of amides is 1. The Bertz CT molecular complexity index is 565. The van der Waals surface area contributed by atoms with Gasteiger partial charge in [0.2, 0.25) is 5.91 Å². The molecule has 0 aliphatic heterocycles. The number of nitrogens with two attached hydrogens (primary N) is 1. The maximum absolute atomic E-state index is 12.3. The molecule has 5 nitrogen and oxygen atoms in total. The lowest BCUT2D eigenvalue weighted by molar-refractivity contribution is -0.119. The molecule has 3 N–H and O–H groups in total. The number of carbonyl (C=O) groups is 1. The second-order valence-corrected chi connectivity index (χ2v) is 5.07. The fourth-order valence-electron chi connectivity index (χ4n) is 2.29. The highest BCUT2D eigenvalue weighted by molar-refractivity contribution is 5.93. The number of rotatable bonds is 7. The first-order chi connectivity index (χ1) is 10.2. The lowest BCUT2D eigenvalue weighted by atomic mass is 10.0. The van der Waals surface area contributed by atoms with Gasteiger partial charge in [-0.3, -0.25) is 9.48 Å². The van der Waals surface area contributed by atoms with Crippen LogP contribution in [0.5, 0.6) is 0 Å². The third kappa shape index (κ3) is 4.16. The van der Waals surface area contributed by atoms with Crippen LogP contribution in [0.4, 0.5) is 5.69 Å². The van der Waals surface area contributed by atoms with Crippen LogP contribution >= 0.6 is 0 Å². The molecule has 0 saturated heterocycles. The van der Waals surface area contributed by atoms with Gasteiger partial charge in [-0.1, -0.05) is 31.5 Å². The van der Waals surface area contributed by atoms with Crippen LogP contribution in [-0.4, -0.2) is 22.2 Å². The molecule has 5 heteroatoms. The minimum absolute atomic E-state index is 0.00716. The topological polar surface area (TPSA) is 72.9 Å². The van der Waals surface area contributed by atoms with Gasteiger partial charge in [0.05, 0.1) is 12.5 Å². The molecule has 0 radical (unpaired) electrons. The van der Waals surface area contributed by atoms with Crippen molar-refractivity contribution in [1.82, 2.24) is 9.78 Å². The molecule has 2 rings (SSSR count). The van der Waals surface area contributed by atoms with E-state index in [1.165, 1.54) is 0 Å². The molecule has 21 heavy (non-hydrogen) atoms. The fourth-order valence-corrected chi connectivity index (χ4v) is 2.29. The number of nitrogens with zero attached hydrogens (tertiary/aromatic N) is 2. The van der Waals surface area contributed by atoms with Gasteiger partial charge in [-0.05, 0) is 24.1 Å². The van der Waals surface area contributed by atoms with E-state index < -0.39 is 0 Å². The number of benzene rings is 1. The van der Waals surface area contributed by atoms with Gasteiger partial charge in [0.25, 0.3) is 0 Å². The normalized spacial score (nSPS) is 12.1. The van der Waals surface area contributed by atoms with Crippen molar-refractivity contribution < 1.29 is 4.79 Å². The van der Waals surface area contributed by atoms with Crippen molar-refractivity contribution in [3.8, 4) is 0 Å². The van der Waals surface area contributed by atoms with Gasteiger partial charge in [0.15, 0.2) is 0 Å². The first-order valence-electron chi connectivity index (χ1n) is 7.30. The van der Waals surface area contributed by atoms with Gasteiger partial charge in [-0.15, -0.1) is 0 Å². The van der Waals surface area contributed by atoms with E-state index in [1.54, 1.807) is 6.20 Å². The first-order valence-corrected chi connectivity index (χ1v) is 7.30. The summed E-state index contributed by atoms with van der Waals surface area (Å²) < 4.78 is 1.83. The monoisotopic (exact) mass is 286 g/mol. The van der Waals surface area contributed by atoms with Crippen molar-refractivity contribution in [2.75, 3.05) is 11.9 Å². The zero-order valence-corrected chi connectivity index (χ0v) is 12.3. The highest BCUT2D eigenvalue weighted by Gasteiger charge is 2.16. The summed E-state index contributed by atoms with van der Waals surface area (Å²) in [6.45, 7) is 3.06. The first kappa shape index (κ1) is 15.3. The molecule has 0 bridgehead atoms. The van der Waals surface area contributed by atoms with E-state index in [2.05, 4.69) is 17.3 Å². The Morgan fingerprint density at radius 1 is 1.38 bits per heavy atom. The van der Waals surface area contributed by atoms with Crippen molar-refractivity contribution in [3.63, 3.8) is 0 Å². The maximum Gasteiger partial charge on any atom is 0.228 e. The van der Waals surface area contributed by atoms with E-state index >= 15 is 0 Å². The number of nitrogens with one attached hydrogen (secondary N) is 1. The number of hydrogen-bond acceptors (Lipinski definition) is 3. The van der Waals surface area contributed by atoms with Gasteiger partial charge in [-0.2, -0.15) is 5.10 Å². The summed E-state index contributed by atoms with van der Waals surface area (Å²) in [4.78, 5) is 12.3. The molecule has 1 aromatic carbocycles. The van der Waals surface area contributed by atoms with Crippen LogP contribution in [0, 0.1) is 5.92 Å². The number of hydrogen-bond donors (Lipinski definition) is 2. The van der Waals surface area contributed by atoms with Gasteiger partial charge >= 0.3 is 0 Å². The van der Waals surface area contributed by atoms with Gasteiger partial charge in [0.1, 0.15) is 0 Å². The van der Waals surface area contributed by atoms with Crippen LogP contribution in [0.2, 0.25) is 0 Å². The highest BCUT2D eigenvalue weighted by Crippen LogP contribution is 2.18. The predicted octanol–water partition coefficient (Wildman–Crippen LogP) is 2.24. The van der Waals surface area contributed by atoms with E-state index in [0.717, 1.165) is 24.1 Å². The molecule has 2 aromatic rings. The summed E-state index contributed by atoms with van der Waals surface area (Å²) in [6, 6.07) is 9.66. The molecule has 0 aliphatic rings. The van der Waals surface area contributed by atoms with Gasteiger partial charge < -0.3 is 11.1 Å². The van der Waals surface area contributed by atoms with Crippen molar-refractivity contribution in [3.05, 3.63) is 48.3 Å². The van der Waals surface area contributed by atoms with Gasteiger partial charge in [0, 0.05) is 24.6 Å². The number of aromatic nitrogens is 2. The lowest BCUT2D eigenvalue weighted by Gasteiger charge is -2.16. The molecule has 0 aliphatic carbocycles. The number of para-hydroxylation sites is 1. The maximum atomic E-state index is 12.3. The highest BCUT2D eigenvalue weighted by atomic mass is 16.1. The molecular formula is C16H22N4O. The van der Waals surface area contributed by atoms with Crippen LogP contribution in [0.15, 0.2) is 42.7 Å². The van der Waals surface area contributed by atoms with E-state index in [-0.39, 0.29) is 11.8 Å². The Balaban J connectivity index is 2.11. The molecule has 0 saturated carbocycles. The second kappa shape index (κ2) is 7.59. The Kier molecular flexibility index (Phi) is 5.51. The third-order valence-electron chi connectivity index (χ3n) is 3.46. The molecule has 0 fully saturated rings. The Hall–Kier alpha value is -2.14. The van der Waals surface area contributed by atoms with Crippen LogP contribution in [0.3, 0.4) is 0 Å². The molecule has 1 aromatic heterocycles. The quantitative estimate of drug-likeness (QED) is 0.820. The fraction of sp³-hybridized carbons (Fsp3) is 0.375. The summed E-state index contributed by atoms with van der Waals surface area (Å²) in [5, 5.41) is 7.20. The molecule has 0 spiro atoms. The summed E-state index contributed by atoms with van der Waals surface area (Å²) in [5.74, 6) is -0.139. The Morgan fingerprint density at radius 3 is 2.86 bits per heavy atom. The van der Waals surface area contributed by atoms with Crippen molar-refractivity contribution >= 4 is 11.6 Å². The number of carbonyl (C=O) groups excluding carboxylic acids is 1. The van der Waals surface area contributed by atoms with Crippen LogP contribution < -0.4 is 11.1 Å². The SMILES string of the molecule is CCCC(CN)C(=O)Nc1ccccc1Cn1cccn1. The van der Waals surface area contributed by atoms with E-state index in [4.69, 9.17) is 5.73 Å². The Labute approximate surface area is 125 Å². The van der Waals surface area contributed by atoms with Crippen molar-refractivity contribution in [2.24, 2.45) is 11.7 Å². The molecule has 1 atom stereocenters. The molecule has 1 unspecified atom stereocenters. The molecule has 1 heterocycles. The van der Waals surface area contributed by atoms with Crippen molar-refractivity contribution in [2.45, 2.75) is 26.3 Å². The molecule has 112 valence electrons. The van der Waals surface area contributed by atoms with Gasteiger partial charge in [-0.25, -0.2) is 0 Å². The molecular weight excluding hydrogens is 264 g/mol. The lowest BCUT2D eigenvalue weighted by Crippen LogP contribution is -2.29. The average Bonchev–Trinajstić information content (AvgIpc) is 2.99. The van der Waals surface area contributed by atoms with Crippen molar-refractivity contribution in [1.29, 1.82) is 0 Å². The minimum atomic E-state index is -0.132. The predicted molar refractivity (Wildman–Crippen MR) is 83.9 cm³/mol. The summed E-state index contributed by atoms with van der Waals surface area (Å²) in [7, 11) is 0. The largest absolute Gasteiger partial charge is 0.330 e. The third-order valence-corrected chi connectivity index (χ3v) is 3.46. The minimum Gasteiger partial charge on any atom is -0.330 e. The zero-order valence-electron chi connectivity index (χ0n) is 12.3. The van der Waals surface area contributed by atoms with Crippen LogP contribution in [-0.2, 0) is 11.3 Å². The van der Waals surface area contributed by atoms with E-state index in [9.17, 15) is 4.79 Å². The number of anilines is 1. The average molecular weight is 286 g/mol. The second-order valence-electron chi connectivity index (χ2n) is 5.07. The standard InChI is InChI=1S/C16H22N4O/c1-2-6-13(11-17)16(21)19-15-8-4-3-7-14(15)12-20-10-5-9-18-20/h3-5,7-10,13H,2,6,11-12,17H2,1H3,(H,19,21). The summed E-state index contributed by atoms with van der Waals surface area (Å²) in [5.41, 5.74) is 7.54. The van der Waals surface area contributed by atoms with Crippen LogP contribution in [0.1, 0.15) is 25.3 Å². The summed E-state index contributed by atoms with van der Waals surface area (Å²) in [6.07, 6.45) is 5.40. The smallest absolute Gasteiger partial charge is 0.228 e. The zero-order chi connectivity index (χ0) is 15.1.